The Morgan fingerprint density at radius 1 is 1.18 bits per heavy atom. The standard InChI is InChI=1S/C17H18N4O/c18-11-13-5-3-9-19-16(13)21-12-14-6-4-10-20-17(14)22-15-7-1-2-8-15/h3-6,9-10,15H,1-2,7-8,12H2,(H,19,21). The lowest BCUT2D eigenvalue weighted by atomic mass is 10.2. The Morgan fingerprint density at radius 2 is 1.95 bits per heavy atom. The molecular weight excluding hydrogens is 276 g/mol. The molecule has 1 saturated carbocycles. The van der Waals surface area contributed by atoms with Crippen molar-refractivity contribution in [3.63, 3.8) is 0 Å². The molecule has 0 amide bonds. The molecule has 0 unspecified atom stereocenters. The maximum atomic E-state index is 9.09. The molecule has 0 aromatic carbocycles. The fourth-order valence-corrected chi connectivity index (χ4v) is 2.64. The number of hydrogen-bond donors (Lipinski definition) is 1. The van der Waals surface area contributed by atoms with Crippen LogP contribution in [-0.2, 0) is 6.54 Å². The summed E-state index contributed by atoms with van der Waals surface area (Å²) in [5.41, 5.74) is 1.51. The molecule has 3 rings (SSSR count). The highest BCUT2D eigenvalue weighted by Gasteiger charge is 2.18. The number of ether oxygens (including phenoxy) is 1. The second-order valence-corrected chi connectivity index (χ2v) is 5.36. The summed E-state index contributed by atoms with van der Waals surface area (Å²) >= 11 is 0. The normalized spacial score (nSPS) is 14.5. The number of hydrogen-bond acceptors (Lipinski definition) is 5. The zero-order chi connectivity index (χ0) is 15.2. The molecule has 1 N–H and O–H groups in total. The minimum Gasteiger partial charge on any atom is -0.474 e. The first-order valence-electron chi connectivity index (χ1n) is 7.56. The Labute approximate surface area is 130 Å². The van der Waals surface area contributed by atoms with Crippen LogP contribution in [-0.4, -0.2) is 16.1 Å². The highest BCUT2D eigenvalue weighted by atomic mass is 16.5. The van der Waals surface area contributed by atoms with E-state index in [2.05, 4.69) is 21.4 Å². The van der Waals surface area contributed by atoms with Gasteiger partial charge in [0.25, 0.3) is 0 Å². The fraction of sp³-hybridized carbons (Fsp3) is 0.353. The first kappa shape index (κ1) is 14.3. The van der Waals surface area contributed by atoms with Crippen LogP contribution in [0.15, 0.2) is 36.7 Å². The van der Waals surface area contributed by atoms with Crippen LogP contribution in [0.25, 0.3) is 0 Å². The smallest absolute Gasteiger partial charge is 0.218 e. The molecule has 1 fully saturated rings. The number of rotatable bonds is 5. The predicted molar refractivity (Wildman–Crippen MR) is 83.4 cm³/mol. The summed E-state index contributed by atoms with van der Waals surface area (Å²) in [6.07, 6.45) is 8.34. The van der Waals surface area contributed by atoms with Crippen molar-refractivity contribution in [3.05, 3.63) is 47.8 Å². The number of nitrogens with zero attached hydrogens (tertiary/aromatic N) is 3. The molecule has 2 aromatic rings. The quantitative estimate of drug-likeness (QED) is 0.916. The number of aromatic nitrogens is 2. The van der Waals surface area contributed by atoms with Gasteiger partial charge in [-0.2, -0.15) is 5.26 Å². The van der Waals surface area contributed by atoms with Gasteiger partial charge in [0, 0.05) is 24.5 Å². The third-order valence-corrected chi connectivity index (χ3v) is 3.80. The molecule has 0 bridgehead atoms. The Hall–Kier alpha value is -2.61. The van der Waals surface area contributed by atoms with Gasteiger partial charge in [-0.25, -0.2) is 9.97 Å². The van der Waals surface area contributed by atoms with Crippen molar-refractivity contribution in [2.24, 2.45) is 0 Å². The van der Waals surface area contributed by atoms with Gasteiger partial charge in [0.2, 0.25) is 5.88 Å². The van der Waals surface area contributed by atoms with Crippen LogP contribution >= 0.6 is 0 Å². The monoisotopic (exact) mass is 294 g/mol. The van der Waals surface area contributed by atoms with Crippen LogP contribution in [0, 0.1) is 11.3 Å². The predicted octanol–water partition coefficient (Wildman–Crippen LogP) is 3.28. The first-order valence-corrected chi connectivity index (χ1v) is 7.56. The Bertz CT molecular complexity index is 674. The van der Waals surface area contributed by atoms with E-state index in [9.17, 15) is 0 Å². The van der Waals surface area contributed by atoms with Crippen LogP contribution in [0.5, 0.6) is 5.88 Å². The van der Waals surface area contributed by atoms with Crippen LogP contribution in [0.4, 0.5) is 5.82 Å². The molecule has 5 nitrogen and oxygen atoms in total. The van der Waals surface area contributed by atoms with E-state index in [0.29, 0.717) is 23.8 Å². The molecule has 0 aliphatic heterocycles. The highest BCUT2D eigenvalue weighted by molar-refractivity contribution is 5.51. The molecule has 0 radical (unpaired) electrons. The van der Waals surface area contributed by atoms with Crippen molar-refractivity contribution in [1.82, 2.24) is 9.97 Å². The van der Waals surface area contributed by atoms with E-state index in [0.717, 1.165) is 18.4 Å². The number of nitriles is 1. The van der Waals surface area contributed by atoms with Crippen molar-refractivity contribution in [2.75, 3.05) is 5.32 Å². The molecule has 1 aliphatic carbocycles. The zero-order valence-electron chi connectivity index (χ0n) is 12.3. The first-order chi connectivity index (χ1) is 10.9. The highest BCUT2D eigenvalue weighted by Crippen LogP contribution is 2.25. The Kier molecular flexibility index (Phi) is 4.50. The minimum atomic E-state index is 0.276. The van der Waals surface area contributed by atoms with Gasteiger partial charge in [0.1, 0.15) is 18.0 Å². The van der Waals surface area contributed by atoms with Crippen molar-refractivity contribution >= 4 is 5.82 Å². The Balaban J connectivity index is 1.71. The van der Waals surface area contributed by atoms with Gasteiger partial charge in [0.15, 0.2) is 0 Å². The maximum absolute atomic E-state index is 9.09. The van der Waals surface area contributed by atoms with Gasteiger partial charge in [0.05, 0.1) is 5.56 Å². The van der Waals surface area contributed by atoms with E-state index in [1.807, 2.05) is 12.1 Å². The molecule has 1 aliphatic rings. The van der Waals surface area contributed by atoms with Crippen LogP contribution < -0.4 is 10.1 Å². The summed E-state index contributed by atoms with van der Waals surface area (Å²) < 4.78 is 6.01. The lowest BCUT2D eigenvalue weighted by molar-refractivity contribution is 0.199. The van der Waals surface area contributed by atoms with Gasteiger partial charge in [-0.3, -0.25) is 0 Å². The molecule has 0 spiro atoms. The molecule has 0 atom stereocenters. The largest absolute Gasteiger partial charge is 0.474 e. The molecule has 2 heterocycles. The average Bonchev–Trinajstić information content (AvgIpc) is 3.07. The van der Waals surface area contributed by atoms with E-state index in [1.165, 1.54) is 12.8 Å². The SMILES string of the molecule is N#Cc1cccnc1NCc1cccnc1OC1CCCC1. The molecule has 0 saturated heterocycles. The third kappa shape index (κ3) is 3.34. The van der Waals surface area contributed by atoms with Crippen molar-refractivity contribution in [3.8, 4) is 11.9 Å². The molecule has 5 heteroatoms. The van der Waals surface area contributed by atoms with Gasteiger partial charge in [-0.05, 0) is 43.9 Å². The van der Waals surface area contributed by atoms with E-state index < -0.39 is 0 Å². The maximum Gasteiger partial charge on any atom is 0.218 e. The van der Waals surface area contributed by atoms with E-state index in [4.69, 9.17) is 10.00 Å². The molecule has 22 heavy (non-hydrogen) atoms. The van der Waals surface area contributed by atoms with E-state index in [1.54, 1.807) is 24.5 Å². The van der Waals surface area contributed by atoms with Crippen molar-refractivity contribution in [2.45, 2.75) is 38.3 Å². The van der Waals surface area contributed by atoms with Gasteiger partial charge in [-0.1, -0.05) is 6.07 Å². The molecule has 2 aromatic heterocycles. The lowest BCUT2D eigenvalue weighted by Crippen LogP contribution is -2.14. The lowest BCUT2D eigenvalue weighted by Gasteiger charge is -2.15. The number of nitrogens with one attached hydrogen (secondary N) is 1. The summed E-state index contributed by atoms with van der Waals surface area (Å²) in [6, 6.07) is 9.51. The summed E-state index contributed by atoms with van der Waals surface area (Å²) in [4.78, 5) is 8.55. The van der Waals surface area contributed by atoms with Crippen LogP contribution in [0.3, 0.4) is 0 Å². The summed E-state index contributed by atoms with van der Waals surface area (Å²) in [5.74, 6) is 1.26. The molecule has 112 valence electrons. The van der Waals surface area contributed by atoms with E-state index >= 15 is 0 Å². The van der Waals surface area contributed by atoms with Crippen molar-refractivity contribution < 1.29 is 4.74 Å². The zero-order valence-corrected chi connectivity index (χ0v) is 12.3. The van der Waals surface area contributed by atoms with E-state index in [-0.39, 0.29) is 6.10 Å². The van der Waals surface area contributed by atoms with Gasteiger partial charge >= 0.3 is 0 Å². The van der Waals surface area contributed by atoms with Gasteiger partial charge in [-0.15, -0.1) is 0 Å². The minimum absolute atomic E-state index is 0.276. The second-order valence-electron chi connectivity index (χ2n) is 5.36. The van der Waals surface area contributed by atoms with Crippen molar-refractivity contribution in [1.29, 1.82) is 5.26 Å². The topological polar surface area (TPSA) is 70.8 Å². The summed E-state index contributed by atoms with van der Waals surface area (Å²) in [6.45, 7) is 0.529. The Morgan fingerprint density at radius 3 is 2.77 bits per heavy atom. The average molecular weight is 294 g/mol. The third-order valence-electron chi connectivity index (χ3n) is 3.80. The van der Waals surface area contributed by atoms with Crippen LogP contribution in [0.1, 0.15) is 36.8 Å². The van der Waals surface area contributed by atoms with Crippen LogP contribution in [0.2, 0.25) is 0 Å². The number of anilines is 1. The second kappa shape index (κ2) is 6.90. The molecular formula is C17H18N4O. The summed E-state index contributed by atoms with van der Waals surface area (Å²) in [5, 5.41) is 12.3. The summed E-state index contributed by atoms with van der Waals surface area (Å²) in [7, 11) is 0. The van der Waals surface area contributed by atoms with Gasteiger partial charge < -0.3 is 10.1 Å². The number of pyridine rings is 2. The fourth-order valence-electron chi connectivity index (χ4n) is 2.64.